The van der Waals surface area contributed by atoms with E-state index in [1.807, 2.05) is 58.0 Å². The Bertz CT molecular complexity index is 1830. The SMILES string of the molecule is CC[C@H](C)[C@@H]([C@@H](CC(=O)N1CCC[C@H]1[C@H](OC)[C@@H](C)C(=O)C[C@@H](Cc1ccccc1)C(=O)O)OC)N(C)C(=O)[C@@H](NC(=O)[C@@H]1[C@H]2CC[C@@H](C2)N1CCCCCCCC(=O)C(C)CC(=O)O)C(C)C. The predicted octanol–water partition coefficient (Wildman–Crippen LogP) is 6.82. The molecule has 1 aromatic carbocycles. The number of nitrogens with zero attached hydrogens (tertiary/aromatic N) is 3. The molecule has 1 aliphatic carbocycles. The van der Waals surface area contributed by atoms with E-state index in [1.165, 1.54) is 7.11 Å². The van der Waals surface area contributed by atoms with Crippen molar-refractivity contribution in [3.05, 3.63) is 35.9 Å². The Kier molecular flexibility index (Phi) is 22.6. The van der Waals surface area contributed by atoms with Crippen molar-refractivity contribution in [2.24, 2.45) is 35.5 Å². The minimum absolute atomic E-state index is 0.00130. The fraction of sp³-hybridized carbons (Fsp3) is 0.755. The topological polar surface area (TPSA) is 200 Å². The van der Waals surface area contributed by atoms with Crippen molar-refractivity contribution in [2.75, 3.05) is 34.4 Å². The average Bonchev–Trinajstić information content (AvgIpc) is 4.07. The molecule has 0 aromatic heterocycles. The Morgan fingerprint density at radius 3 is 2.13 bits per heavy atom. The Hall–Kier alpha value is -4.21. The Morgan fingerprint density at radius 1 is 0.838 bits per heavy atom. The summed E-state index contributed by atoms with van der Waals surface area (Å²) in [6.45, 7) is 12.6. The number of carboxylic acid groups (broad SMARTS) is 2. The smallest absolute Gasteiger partial charge is 0.307 e. The standard InChI is InChI=1S/C53H84N4O11/c1-10-34(4)48(44(67-8)32-45(60)57-27-19-22-41(57)50(68-9)36(6)43(59)31-39(53(65)66)29-37-20-15-14-16-21-37)55(7)52(64)47(33(2)3)54-51(63)49-38-24-25-40(30-38)56(49)26-18-13-11-12-17-23-42(58)35(5)28-46(61)62/h14-16,20-21,33-36,38-41,44,47-50H,10-13,17-19,22-32H2,1-9H3,(H,54,63)(H,61,62)(H,65,66)/t34-,35?,36-,38-,39+,40-,41-,44+,47-,48-,49-,50+/m0/s1. The number of carbonyl (C=O) groups excluding carboxylic acids is 5. The van der Waals surface area contributed by atoms with E-state index in [0.717, 1.165) is 63.5 Å². The summed E-state index contributed by atoms with van der Waals surface area (Å²) in [6, 6.07) is 7.57. The molecule has 2 bridgehead atoms. The van der Waals surface area contributed by atoms with E-state index in [4.69, 9.17) is 14.6 Å². The summed E-state index contributed by atoms with van der Waals surface area (Å²) >= 11 is 0. The molecule has 3 amide bonds. The number of likely N-dealkylation sites (N-methyl/N-ethyl adjacent to an activating group) is 1. The van der Waals surface area contributed by atoms with Gasteiger partial charge in [0.25, 0.3) is 0 Å². The lowest BCUT2D eigenvalue weighted by atomic mass is 9.85. The van der Waals surface area contributed by atoms with Crippen LogP contribution in [0.15, 0.2) is 30.3 Å². The van der Waals surface area contributed by atoms with Crippen LogP contribution in [0.4, 0.5) is 0 Å². The van der Waals surface area contributed by atoms with Gasteiger partial charge in [0.1, 0.15) is 17.6 Å². The number of carboxylic acids is 2. The highest BCUT2D eigenvalue weighted by Crippen LogP contribution is 2.43. The first-order valence-corrected chi connectivity index (χ1v) is 25.6. The minimum atomic E-state index is -1.04. The van der Waals surface area contributed by atoms with E-state index < -0.39 is 60.0 Å². The maximum absolute atomic E-state index is 14.7. The lowest BCUT2D eigenvalue weighted by Crippen LogP contribution is -2.60. The van der Waals surface area contributed by atoms with Crippen molar-refractivity contribution >= 4 is 41.2 Å². The molecule has 15 nitrogen and oxygen atoms in total. The molecule has 12 atom stereocenters. The maximum Gasteiger partial charge on any atom is 0.307 e. The van der Waals surface area contributed by atoms with E-state index in [0.29, 0.717) is 38.3 Å². The first kappa shape index (κ1) is 56.4. The van der Waals surface area contributed by atoms with Gasteiger partial charge in [-0.25, -0.2) is 0 Å². The number of hydrogen-bond acceptors (Lipinski definition) is 10. The van der Waals surface area contributed by atoms with Gasteiger partial charge in [-0.15, -0.1) is 0 Å². The summed E-state index contributed by atoms with van der Waals surface area (Å²) in [5, 5.41) is 22.2. The highest BCUT2D eigenvalue weighted by Gasteiger charge is 2.50. The lowest BCUT2D eigenvalue weighted by Gasteiger charge is -2.41. The van der Waals surface area contributed by atoms with Gasteiger partial charge in [0.15, 0.2) is 0 Å². The van der Waals surface area contributed by atoms with Gasteiger partial charge < -0.3 is 34.8 Å². The number of carbonyl (C=O) groups is 7. The predicted molar refractivity (Wildman–Crippen MR) is 260 cm³/mol. The van der Waals surface area contributed by atoms with Gasteiger partial charge in [0.2, 0.25) is 17.7 Å². The number of ether oxygens (including phenoxy) is 2. The van der Waals surface area contributed by atoms with Crippen LogP contribution in [0.5, 0.6) is 0 Å². The van der Waals surface area contributed by atoms with Crippen LogP contribution in [0.25, 0.3) is 0 Å². The molecule has 382 valence electrons. The molecule has 3 aliphatic rings. The molecule has 4 rings (SSSR count). The molecule has 1 unspecified atom stereocenters. The van der Waals surface area contributed by atoms with Gasteiger partial charge in [-0.2, -0.15) is 0 Å². The summed E-state index contributed by atoms with van der Waals surface area (Å²) in [6.07, 6.45) is 8.53. The largest absolute Gasteiger partial charge is 0.481 e. The molecule has 3 fully saturated rings. The molecule has 1 aromatic rings. The molecular formula is C53H84N4O11. The number of likely N-dealkylation sites (tertiary alicyclic amines) is 2. The molecule has 2 saturated heterocycles. The molecule has 15 heteroatoms. The Balaban J connectivity index is 1.38. The third kappa shape index (κ3) is 15.1. The zero-order valence-electron chi connectivity index (χ0n) is 42.5. The van der Waals surface area contributed by atoms with Crippen LogP contribution >= 0.6 is 0 Å². The van der Waals surface area contributed by atoms with E-state index in [9.17, 15) is 38.7 Å². The number of benzene rings is 1. The zero-order valence-corrected chi connectivity index (χ0v) is 42.5. The molecule has 2 aliphatic heterocycles. The van der Waals surface area contributed by atoms with Crippen LogP contribution in [0, 0.1) is 35.5 Å². The first-order chi connectivity index (χ1) is 32.3. The summed E-state index contributed by atoms with van der Waals surface area (Å²) in [7, 11) is 4.82. The second-order valence-electron chi connectivity index (χ2n) is 20.6. The highest BCUT2D eigenvalue weighted by molar-refractivity contribution is 5.91. The number of methoxy groups -OCH3 is 2. The van der Waals surface area contributed by atoms with Crippen molar-refractivity contribution in [3.8, 4) is 0 Å². The fourth-order valence-electron chi connectivity index (χ4n) is 11.4. The van der Waals surface area contributed by atoms with Gasteiger partial charge in [0, 0.05) is 58.5 Å². The number of unbranched alkanes of at least 4 members (excludes halogenated alkanes) is 4. The number of amides is 3. The zero-order chi connectivity index (χ0) is 50.2. The van der Waals surface area contributed by atoms with Crippen molar-refractivity contribution in [3.63, 3.8) is 0 Å². The van der Waals surface area contributed by atoms with E-state index in [1.54, 1.807) is 37.8 Å². The van der Waals surface area contributed by atoms with Gasteiger partial charge in [-0.05, 0) is 81.2 Å². The number of hydrogen-bond donors (Lipinski definition) is 3. The number of nitrogens with one attached hydrogen (secondary N) is 1. The van der Waals surface area contributed by atoms with Crippen LogP contribution in [0.2, 0.25) is 0 Å². The number of Topliss-reactive ketones (excluding diaryl/α,β-unsaturated/α-hetero) is 2. The second-order valence-corrected chi connectivity index (χ2v) is 20.6. The quantitative estimate of drug-likeness (QED) is 0.0657. The number of piperidine rings is 1. The Morgan fingerprint density at radius 2 is 1.51 bits per heavy atom. The average molecular weight is 953 g/mol. The maximum atomic E-state index is 14.7. The number of aliphatic carboxylic acids is 2. The third-order valence-corrected chi connectivity index (χ3v) is 15.6. The number of rotatable bonds is 31. The first-order valence-electron chi connectivity index (χ1n) is 25.6. The fourth-order valence-corrected chi connectivity index (χ4v) is 11.4. The summed E-state index contributed by atoms with van der Waals surface area (Å²) in [5.74, 6) is -4.84. The molecule has 0 spiro atoms. The summed E-state index contributed by atoms with van der Waals surface area (Å²) in [5.41, 5.74) is 0.839. The molecule has 2 heterocycles. The molecule has 68 heavy (non-hydrogen) atoms. The van der Waals surface area contributed by atoms with E-state index >= 15 is 0 Å². The lowest BCUT2D eigenvalue weighted by molar-refractivity contribution is -0.148. The monoisotopic (exact) mass is 953 g/mol. The van der Waals surface area contributed by atoms with Crippen LogP contribution in [0.1, 0.15) is 143 Å². The van der Waals surface area contributed by atoms with Gasteiger partial charge in [0.05, 0.1) is 49.1 Å². The molecular weight excluding hydrogens is 869 g/mol. The molecule has 1 saturated carbocycles. The molecule has 0 radical (unpaired) electrons. The van der Waals surface area contributed by atoms with Crippen LogP contribution in [-0.4, -0.2) is 143 Å². The summed E-state index contributed by atoms with van der Waals surface area (Å²) < 4.78 is 12.1. The highest BCUT2D eigenvalue weighted by atomic mass is 16.5. The van der Waals surface area contributed by atoms with Crippen molar-refractivity contribution in [1.82, 2.24) is 20.0 Å². The van der Waals surface area contributed by atoms with Gasteiger partial charge >= 0.3 is 11.9 Å². The van der Waals surface area contributed by atoms with Crippen molar-refractivity contribution < 1.29 is 53.2 Å². The number of fused-ring (bicyclic) bond motifs is 2. The molecule has 3 N–H and O–H groups in total. The number of ketones is 2. The Labute approximate surface area is 405 Å². The third-order valence-electron chi connectivity index (χ3n) is 15.6. The van der Waals surface area contributed by atoms with Gasteiger partial charge in [-0.1, -0.05) is 97.6 Å². The minimum Gasteiger partial charge on any atom is -0.481 e. The second kappa shape index (κ2) is 27.3. The van der Waals surface area contributed by atoms with Crippen LogP contribution in [0.3, 0.4) is 0 Å². The van der Waals surface area contributed by atoms with Crippen molar-refractivity contribution in [2.45, 2.75) is 187 Å². The normalized spacial score (nSPS) is 22.8. The summed E-state index contributed by atoms with van der Waals surface area (Å²) in [4.78, 5) is 98.4. The van der Waals surface area contributed by atoms with Crippen LogP contribution < -0.4 is 5.32 Å². The van der Waals surface area contributed by atoms with E-state index in [2.05, 4.69) is 10.2 Å². The van der Waals surface area contributed by atoms with E-state index in [-0.39, 0.29) is 78.8 Å². The van der Waals surface area contributed by atoms with Gasteiger partial charge in [-0.3, -0.25) is 38.5 Å². The van der Waals surface area contributed by atoms with Crippen LogP contribution in [-0.2, 0) is 49.5 Å². The van der Waals surface area contributed by atoms with Crippen molar-refractivity contribution in [1.29, 1.82) is 0 Å².